The third-order valence-electron chi connectivity index (χ3n) is 5.11. The highest BCUT2D eigenvalue weighted by Crippen LogP contribution is 2.25. The van der Waals surface area contributed by atoms with E-state index in [1.54, 1.807) is 0 Å². The van der Waals surface area contributed by atoms with Gasteiger partial charge in [-0.2, -0.15) is 0 Å². The van der Waals surface area contributed by atoms with Gasteiger partial charge in [-0.05, 0) is 35.4 Å². The van der Waals surface area contributed by atoms with E-state index in [1.807, 2.05) is 49.9 Å². The topological polar surface area (TPSA) is 44.3 Å². The van der Waals surface area contributed by atoms with Gasteiger partial charge in [0, 0.05) is 63.5 Å². The van der Waals surface area contributed by atoms with E-state index in [4.69, 9.17) is 0 Å². The summed E-state index contributed by atoms with van der Waals surface area (Å²) < 4.78 is 0. The van der Waals surface area contributed by atoms with E-state index in [2.05, 4.69) is 55.4 Å². The van der Waals surface area contributed by atoms with Gasteiger partial charge in [-0.3, -0.25) is 9.88 Å². The van der Waals surface area contributed by atoms with Crippen molar-refractivity contribution in [3.8, 4) is 0 Å². The van der Waals surface area contributed by atoms with Crippen LogP contribution < -0.4 is 10.2 Å². The molecule has 2 aromatic heterocycles. The molecule has 1 aliphatic heterocycles. The summed E-state index contributed by atoms with van der Waals surface area (Å²) in [7, 11) is 2.05. The zero-order chi connectivity index (χ0) is 18.5. The van der Waals surface area contributed by atoms with Crippen molar-refractivity contribution < 1.29 is 0 Å². The Morgan fingerprint density at radius 3 is 2.64 bits per heavy atom. The Morgan fingerprint density at radius 1 is 1.07 bits per heavy atom. The fourth-order valence-electron chi connectivity index (χ4n) is 3.56. The largest absolute Gasteiger partial charge is 0.329 e. The van der Waals surface area contributed by atoms with Crippen molar-refractivity contribution >= 4 is 23.9 Å². The molecule has 0 bridgehead atoms. The van der Waals surface area contributed by atoms with Crippen LogP contribution in [0.5, 0.6) is 0 Å². The van der Waals surface area contributed by atoms with Gasteiger partial charge in [-0.15, -0.1) is 12.4 Å². The SMILES string of the molecule is CN(c1ccccc1)c1ccc(CN2CCNCC2c2cccnc2)cn1.Cl. The molecule has 0 spiro atoms. The van der Waals surface area contributed by atoms with Gasteiger partial charge in [0.15, 0.2) is 0 Å². The number of pyridine rings is 2. The Hall–Kier alpha value is -2.47. The lowest BCUT2D eigenvalue weighted by Crippen LogP contribution is -2.45. The van der Waals surface area contributed by atoms with Gasteiger partial charge in [0.2, 0.25) is 0 Å². The minimum Gasteiger partial charge on any atom is -0.329 e. The van der Waals surface area contributed by atoms with Crippen molar-refractivity contribution in [3.05, 3.63) is 84.3 Å². The number of halogens is 1. The maximum absolute atomic E-state index is 4.69. The minimum atomic E-state index is 0. The molecule has 1 atom stereocenters. The quantitative estimate of drug-likeness (QED) is 0.711. The summed E-state index contributed by atoms with van der Waals surface area (Å²) in [6.45, 7) is 3.88. The van der Waals surface area contributed by atoms with Gasteiger partial charge in [-0.1, -0.05) is 30.3 Å². The molecule has 1 N–H and O–H groups in total. The minimum absolute atomic E-state index is 0. The second-order valence-electron chi connectivity index (χ2n) is 6.90. The predicted molar refractivity (Wildman–Crippen MR) is 116 cm³/mol. The molecule has 3 heterocycles. The highest BCUT2D eigenvalue weighted by Gasteiger charge is 2.24. The molecule has 0 radical (unpaired) electrons. The summed E-state index contributed by atoms with van der Waals surface area (Å²) in [5.41, 5.74) is 3.63. The molecule has 5 nitrogen and oxygen atoms in total. The fraction of sp³-hybridized carbons (Fsp3) is 0.273. The predicted octanol–water partition coefficient (Wildman–Crippen LogP) is 3.81. The standard InChI is InChI=1S/C22H25N5.ClH/c1-26(20-7-3-2-4-8-20)22-10-9-18(14-25-22)17-27-13-12-24-16-21(27)19-6-5-11-23-15-19;/h2-11,14-15,21,24H,12-13,16-17H2,1H3;1H. The lowest BCUT2D eigenvalue weighted by molar-refractivity contribution is 0.153. The molecule has 146 valence electrons. The molecule has 0 saturated carbocycles. The van der Waals surface area contributed by atoms with Gasteiger partial charge >= 0.3 is 0 Å². The molecular formula is C22H26ClN5. The Bertz CT molecular complexity index is 842. The van der Waals surface area contributed by atoms with Crippen LogP contribution in [0.15, 0.2) is 73.2 Å². The number of rotatable bonds is 5. The van der Waals surface area contributed by atoms with Crippen LogP contribution in [0.2, 0.25) is 0 Å². The van der Waals surface area contributed by atoms with Crippen LogP contribution in [0, 0.1) is 0 Å². The van der Waals surface area contributed by atoms with Crippen LogP contribution in [-0.2, 0) is 6.54 Å². The number of para-hydroxylation sites is 1. The zero-order valence-electron chi connectivity index (χ0n) is 16.0. The third-order valence-corrected chi connectivity index (χ3v) is 5.11. The Kier molecular flexibility index (Phi) is 6.98. The number of nitrogens with zero attached hydrogens (tertiary/aromatic N) is 4. The van der Waals surface area contributed by atoms with E-state index in [9.17, 15) is 0 Å². The van der Waals surface area contributed by atoms with Crippen molar-refractivity contribution in [2.75, 3.05) is 31.6 Å². The first-order chi connectivity index (χ1) is 13.3. The molecule has 1 saturated heterocycles. The van der Waals surface area contributed by atoms with Gasteiger partial charge in [0.25, 0.3) is 0 Å². The van der Waals surface area contributed by atoms with Crippen LogP contribution in [0.3, 0.4) is 0 Å². The zero-order valence-corrected chi connectivity index (χ0v) is 16.8. The number of benzene rings is 1. The molecule has 1 aromatic carbocycles. The van der Waals surface area contributed by atoms with Gasteiger partial charge in [-0.25, -0.2) is 4.98 Å². The van der Waals surface area contributed by atoms with Crippen molar-refractivity contribution in [2.45, 2.75) is 12.6 Å². The van der Waals surface area contributed by atoms with Crippen molar-refractivity contribution in [2.24, 2.45) is 0 Å². The van der Waals surface area contributed by atoms with E-state index in [0.717, 1.165) is 37.7 Å². The Balaban J connectivity index is 0.00000225. The first kappa shape index (κ1) is 20.3. The highest BCUT2D eigenvalue weighted by atomic mass is 35.5. The van der Waals surface area contributed by atoms with Crippen LogP contribution in [0.1, 0.15) is 17.2 Å². The maximum Gasteiger partial charge on any atom is 0.132 e. The number of piperazine rings is 1. The lowest BCUT2D eigenvalue weighted by Gasteiger charge is -2.36. The molecule has 1 aliphatic rings. The van der Waals surface area contributed by atoms with Gasteiger partial charge in [0.1, 0.15) is 5.82 Å². The summed E-state index contributed by atoms with van der Waals surface area (Å²) in [4.78, 5) is 13.6. The average Bonchev–Trinajstić information content (AvgIpc) is 2.75. The number of nitrogens with one attached hydrogen (secondary N) is 1. The van der Waals surface area contributed by atoms with E-state index < -0.39 is 0 Å². The van der Waals surface area contributed by atoms with E-state index >= 15 is 0 Å². The average molecular weight is 396 g/mol. The number of hydrogen-bond donors (Lipinski definition) is 1. The molecule has 6 heteroatoms. The summed E-state index contributed by atoms with van der Waals surface area (Å²) in [6.07, 6.45) is 5.80. The maximum atomic E-state index is 4.69. The van der Waals surface area contributed by atoms with Crippen LogP contribution in [0.4, 0.5) is 11.5 Å². The molecule has 28 heavy (non-hydrogen) atoms. The lowest BCUT2D eigenvalue weighted by atomic mass is 10.0. The first-order valence-electron chi connectivity index (χ1n) is 9.39. The highest BCUT2D eigenvalue weighted by molar-refractivity contribution is 5.85. The normalized spacial score (nSPS) is 17.0. The summed E-state index contributed by atoms with van der Waals surface area (Å²) >= 11 is 0. The fourth-order valence-corrected chi connectivity index (χ4v) is 3.56. The third kappa shape index (κ3) is 4.68. The van der Waals surface area contributed by atoms with E-state index in [-0.39, 0.29) is 12.4 Å². The first-order valence-corrected chi connectivity index (χ1v) is 9.39. The number of hydrogen-bond acceptors (Lipinski definition) is 5. The van der Waals surface area contributed by atoms with Crippen LogP contribution >= 0.6 is 12.4 Å². The molecule has 1 fully saturated rings. The Morgan fingerprint density at radius 2 is 1.93 bits per heavy atom. The van der Waals surface area contributed by atoms with Crippen molar-refractivity contribution in [1.29, 1.82) is 0 Å². The molecule has 1 unspecified atom stereocenters. The second kappa shape index (κ2) is 9.64. The summed E-state index contributed by atoms with van der Waals surface area (Å²) in [5, 5.41) is 3.50. The summed E-state index contributed by atoms with van der Waals surface area (Å²) in [5.74, 6) is 0.953. The number of anilines is 2. The monoisotopic (exact) mass is 395 g/mol. The number of aromatic nitrogens is 2. The van der Waals surface area contributed by atoms with Crippen LogP contribution in [-0.4, -0.2) is 41.5 Å². The molecular weight excluding hydrogens is 370 g/mol. The van der Waals surface area contributed by atoms with Crippen molar-refractivity contribution in [1.82, 2.24) is 20.2 Å². The Labute approximate surface area is 172 Å². The van der Waals surface area contributed by atoms with Gasteiger partial charge in [0.05, 0.1) is 0 Å². The second-order valence-corrected chi connectivity index (χ2v) is 6.90. The smallest absolute Gasteiger partial charge is 0.132 e. The molecule has 3 aromatic rings. The molecule has 4 rings (SSSR count). The van der Waals surface area contributed by atoms with Crippen molar-refractivity contribution in [3.63, 3.8) is 0 Å². The molecule has 0 aliphatic carbocycles. The van der Waals surface area contributed by atoms with E-state index in [0.29, 0.717) is 6.04 Å². The van der Waals surface area contributed by atoms with Gasteiger partial charge < -0.3 is 10.2 Å². The summed E-state index contributed by atoms with van der Waals surface area (Å²) in [6, 6.07) is 19.1. The van der Waals surface area contributed by atoms with E-state index in [1.165, 1.54) is 11.1 Å². The molecule has 0 amide bonds. The van der Waals surface area contributed by atoms with Crippen LogP contribution in [0.25, 0.3) is 0 Å².